The topological polar surface area (TPSA) is 49.4 Å². The zero-order valence-corrected chi connectivity index (χ0v) is 16.5. The van der Waals surface area contributed by atoms with Crippen LogP contribution in [0.4, 0.5) is 22.0 Å². The molecule has 0 radical (unpaired) electrons. The molecule has 4 nitrogen and oxygen atoms in total. The molecular formula is C22H21F5N2O2. The number of hydrogen-bond donors (Lipinski definition) is 1. The van der Waals surface area contributed by atoms with E-state index >= 15 is 0 Å². The molecule has 9 heteroatoms. The van der Waals surface area contributed by atoms with Gasteiger partial charge in [-0.05, 0) is 49.1 Å². The molecule has 0 aliphatic heterocycles. The van der Waals surface area contributed by atoms with Crippen LogP contribution in [0, 0.1) is 11.6 Å². The van der Waals surface area contributed by atoms with Gasteiger partial charge in [-0.1, -0.05) is 12.1 Å². The molecule has 1 aliphatic rings. The van der Waals surface area contributed by atoms with Gasteiger partial charge in [-0.2, -0.15) is 13.2 Å². The summed E-state index contributed by atoms with van der Waals surface area (Å²) in [5, 5.41) is 2.49. The quantitative estimate of drug-likeness (QED) is 0.479. The minimum absolute atomic E-state index is 0.0673. The fourth-order valence-electron chi connectivity index (χ4n) is 3.16. The van der Waals surface area contributed by atoms with Gasteiger partial charge in [0.05, 0.1) is 11.1 Å². The van der Waals surface area contributed by atoms with Crippen molar-refractivity contribution in [3.8, 4) is 0 Å². The summed E-state index contributed by atoms with van der Waals surface area (Å²) in [5.41, 5.74) is -0.420. The van der Waals surface area contributed by atoms with Crippen molar-refractivity contribution in [1.82, 2.24) is 10.2 Å². The molecule has 0 spiro atoms. The first-order valence-corrected chi connectivity index (χ1v) is 9.84. The number of nitrogens with one attached hydrogen (secondary N) is 1. The second-order valence-corrected chi connectivity index (χ2v) is 7.43. The number of halogens is 5. The highest BCUT2D eigenvalue weighted by Crippen LogP contribution is 2.31. The molecule has 166 valence electrons. The molecule has 0 unspecified atom stereocenters. The number of alkyl halides is 3. The number of rotatable bonds is 8. The Bertz CT molecular complexity index is 940. The minimum atomic E-state index is -4.41. The molecular weight excluding hydrogens is 419 g/mol. The van der Waals surface area contributed by atoms with Crippen LogP contribution in [0.1, 0.15) is 47.2 Å². The molecule has 0 aromatic heterocycles. The predicted molar refractivity (Wildman–Crippen MR) is 103 cm³/mol. The summed E-state index contributed by atoms with van der Waals surface area (Å²) >= 11 is 0. The van der Waals surface area contributed by atoms with E-state index in [-0.39, 0.29) is 37.0 Å². The molecule has 2 aromatic carbocycles. The number of carbonyl (C=O) groups is 2. The average molecular weight is 440 g/mol. The van der Waals surface area contributed by atoms with Gasteiger partial charge in [0.1, 0.15) is 11.6 Å². The van der Waals surface area contributed by atoms with Crippen molar-refractivity contribution in [3.63, 3.8) is 0 Å². The predicted octanol–water partition coefficient (Wildman–Crippen LogP) is 4.68. The average Bonchev–Trinajstić information content (AvgIpc) is 3.54. The first-order valence-electron chi connectivity index (χ1n) is 9.84. The fourth-order valence-corrected chi connectivity index (χ4v) is 3.16. The van der Waals surface area contributed by atoms with Crippen LogP contribution >= 0.6 is 0 Å². The highest BCUT2D eigenvalue weighted by Gasteiger charge is 2.33. The van der Waals surface area contributed by atoms with Gasteiger partial charge < -0.3 is 10.2 Å². The van der Waals surface area contributed by atoms with E-state index in [0.717, 1.165) is 37.1 Å². The zero-order valence-electron chi connectivity index (χ0n) is 16.5. The Balaban J connectivity index is 1.49. The standard InChI is InChI=1S/C22H21F5N2O2/c23-16-7-10-18(19(24)12-16)21(31)28-11-1-2-20(30)29(17-8-9-17)13-14-3-5-15(6-4-14)22(25,26)27/h3-7,10,12,17H,1-2,8-9,11,13H2,(H,28,31). The maximum atomic E-state index is 13.6. The van der Waals surface area contributed by atoms with Crippen LogP contribution < -0.4 is 5.32 Å². The van der Waals surface area contributed by atoms with Gasteiger partial charge in [-0.3, -0.25) is 9.59 Å². The van der Waals surface area contributed by atoms with E-state index in [0.29, 0.717) is 18.1 Å². The van der Waals surface area contributed by atoms with Crippen LogP contribution in [0.25, 0.3) is 0 Å². The number of amides is 2. The van der Waals surface area contributed by atoms with Gasteiger partial charge >= 0.3 is 6.18 Å². The summed E-state index contributed by atoms with van der Waals surface area (Å²) in [6, 6.07) is 7.43. The molecule has 31 heavy (non-hydrogen) atoms. The van der Waals surface area contributed by atoms with Gasteiger partial charge in [0.2, 0.25) is 5.91 Å². The van der Waals surface area contributed by atoms with Crippen LogP contribution in [0.3, 0.4) is 0 Å². The van der Waals surface area contributed by atoms with Crippen molar-refractivity contribution in [1.29, 1.82) is 0 Å². The minimum Gasteiger partial charge on any atom is -0.352 e. The molecule has 3 rings (SSSR count). The second kappa shape index (κ2) is 9.45. The molecule has 0 bridgehead atoms. The molecule has 1 N–H and O–H groups in total. The van der Waals surface area contributed by atoms with Gasteiger partial charge in [0.15, 0.2) is 0 Å². The van der Waals surface area contributed by atoms with E-state index in [1.807, 2.05) is 0 Å². The summed E-state index contributed by atoms with van der Waals surface area (Å²) in [5.74, 6) is -2.61. The summed E-state index contributed by atoms with van der Waals surface area (Å²) < 4.78 is 64.6. The summed E-state index contributed by atoms with van der Waals surface area (Å²) in [7, 11) is 0. The molecule has 1 saturated carbocycles. The Morgan fingerprint density at radius 2 is 1.71 bits per heavy atom. The Kier molecular flexibility index (Phi) is 6.92. The van der Waals surface area contributed by atoms with Crippen molar-refractivity contribution in [2.45, 2.75) is 44.4 Å². The Labute approximate surface area is 176 Å². The van der Waals surface area contributed by atoms with E-state index in [1.54, 1.807) is 4.90 Å². The Morgan fingerprint density at radius 3 is 2.29 bits per heavy atom. The largest absolute Gasteiger partial charge is 0.416 e. The molecule has 2 amide bonds. The fraction of sp³-hybridized carbons (Fsp3) is 0.364. The normalized spacial score (nSPS) is 13.7. The first-order chi connectivity index (χ1) is 14.6. The van der Waals surface area contributed by atoms with Crippen LogP contribution in [-0.2, 0) is 17.5 Å². The highest BCUT2D eigenvalue weighted by molar-refractivity contribution is 5.94. The van der Waals surface area contributed by atoms with Gasteiger partial charge in [-0.15, -0.1) is 0 Å². The van der Waals surface area contributed by atoms with E-state index in [2.05, 4.69) is 5.32 Å². The SMILES string of the molecule is O=C(NCCCC(=O)N(Cc1ccc(C(F)(F)F)cc1)C1CC1)c1ccc(F)cc1F. The number of benzene rings is 2. The first kappa shape index (κ1) is 22.7. The second-order valence-electron chi connectivity index (χ2n) is 7.43. The third-order valence-electron chi connectivity index (χ3n) is 4.97. The van der Waals surface area contributed by atoms with Crippen molar-refractivity contribution < 1.29 is 31.5 Å². The lowest BCUT2D eigenvalue weighted by molar-refractivity contribution is -0.137. The highest BCUT2D eigenvalue weighted by atomic mass is 19.4. The number of hydrogen-bond acceptors (Lipinski definition) is 2. The molecule has 1 aliphatic carbocycles. The number of nitrogens with zero attached hydrogens (tertiary/aromatic N) is 1. The molecule has 1 fully saturated rings. The van der Waals surface area contributed by atoms with Crippen LogP contribution in [0.15, 0.2) is 42.5 Å². The summed E-state index contributed by atoms with van der Waals surface area (Å²) in [4.78, 5) is 26.2. The third kappa shape index (κ3) is 6.26. The Hall–Kier alpha value is -2.97. The summed E-state index contributed by atoms with van der Waals surface area (Å²) in [6.07, 6.45) is -2.29. The van der Waals surface area contributed by atoms with Gasteiger partial charge in [0, 0.05) is 31.6 Å². The lowest BCUT2D eigenvalue weighted by Crippen LogP contribution is -2.33. The van der Waals surface area contributed by atoms with Crippen LogP contribution in [0.5, 0.6) is 0 Å². The van der Waals surface area contributed by atoms with Gasteiger partial charge in [0.25, 0.3) is 5.91 Å². The zero-order chi connectivity index (χ0) is 22.6. The number of carbonyl (C=O) groups excluding carboxylic acids is 2. The summed E-state index contributed by atoms with van der Waals surface area (Å²) in [6.45, 7) is 0.342. The van der Waals surface area contributed by atoms with E-state index in [4.69, 9.17) is 0 Å². The van der Waals surface area contributed by atoms with E-state index < -0.39 is 29.3 Å². The molecule has 0 atom stereocenters. The third-order valence-corrected chi connectivity index (χ3v) is 4.97. The van der Waals surface area contributed by atoms with Crippen molar-refractivity contribution in [2.24, 2.45) is 0 Å². The van der Waals surface area contributed by atoms with Crippen molar-refractivity contribution in [3.05, 3.63) is 70.8 Å². The lowest BCUT2D eigenvalue weighted by Gasteiger charge is -2.23. The van der Waals surface area contributed by atoms with E-state index in [1.165, 1.54) is 12.1 Å². The van der Waals surface area contributed by atoms with Crippen molar-refractivity contribution in [2.75, 3.05) is 6.54 Å². The lowest BCUT2D eigenvalue weighted by atomic mass is 10.1. The van der Waals surface area contributed by atoms with Crippen molar-refractivity contribution >= 4 is 11.8 Å². The monoisotopic (exact) mass is 440 g/mol. The molecule has 0 saturated heterocycles. The molecule has 2 aromatic rings. The van der Waals surface area contributed by atoms with Gasteiger partial charge in [-0.25, -0.2) is 8.78 Å². The van der Waals surface area contributed by atoms with E-state index in [9.17, 15) is 31.5 Å². The Morgan fingerprint density at radius 1 is 1.03 bits per heavy atom. The molecule has 0 heterocycles. The van der Waals surface area contributed by atoms with Crippen LogP contribution in [-0.4, -0.2) is 29.3 Å². The smallest absolute Gasteiger partial charge is 0.352 e. The maximum Gasteiger partial charge on any atom is 0.416 e. The maximum absolute atomic E-state index is 13.6. The van der Waals surface area contributed by atoms with Crippen LogP contribution in [0.2, 0.25) is 0 Å².